The lowest BCUT2D eigenvalue weighted by Crippen LogP contribution is -2.38. The summed E-state index contributed by atoms with van der Waals surface area (Å²) < 4.78 is 11.6. The van der Waals surface area contributed by atoms with Gasteiger partial charge in [0, 0.05) is 18.8 Å². The van der Waals surface area contributed by atoms with Crippen LogP contribution in [-0.4, -0.2) is 48.0 Å². The van der Waals surface area contributed by atoms with Gasteiger partial charge in [-0.05, 0) is 26.8 Å². The maximum atomic E-state index is 11.6. The highest BCUT2D eigenvalue weighted by molar-refractivity contribution is 5.80. The first kappa shape index (κ1) is 17.2. The molecule has 0 spiro atoms. The van der Waals surface area contributed by atoms with Crippen molar-refractivity contribution in [1.29, 1.82) is 0 Å². The van der Waals surface area contributed by atoms with Gasteiger partial charge >= 0.3 is 5.97 Å². The molecule has 1 atom stereocenters. The van der Waals surface area contributed by atoms with Crippen LogP contribution >= 0.6 is 0 Å². The van der Waals surface area contributed by atoms with E-state index in [2.05, 4.69) is 10.4 Å². The first-order valence-electron chi connectivity index (χ1n) is 6.87. The second-order valence-electron chi connectivity index (χ2n) is 4.98. The van der Waals surface area contributed by atoms with Gasteiger partial charge in [-0.1, -0.05) is 0 Å². The van der Waals surface area contributed by atoms with Crippen molar-refractivity contribution in [3.63, 3.8) is 0 Å². The fourth-order valence-corrected chi connectivity index (χ4v) is 1.92. The number of methoxy groups -OCH3 is 1. The lowest BCUT2D eigenvalue weighted by atomic mass is 10.3. The van der Waals surface area contributed by atoms with Crippen LogP contribution in [0.2, 0.25) is 0 Å². The number of nitrogens with one attached hydrogen (secondary N) is 1. The molecule has 7 nitrogen and oxygen atoms in total. The van der Waals surface area contributed by atoms with Crippen LogP contribution in [0, 0.1) is 13.8 Å². The van der Waals surface area contributed by atoms with Crippen LogP contribution in [0.4, 0.5) is 0 Å². The predicted molar refractivity (Wildman–Crippen MR) is 76.8 cm³/mol. The second kappa shape index (κ2) is 8.41. The van der Waals surface area contributed by atoms with E-state index < -0.39 is 5.97 Å². The Morgan fingerprint density at radius 1 is 1.43 bits per heavy atom. The Hall–Kier alpha value is -1.89. The molecule has 0 radical (unpaired) electrons. The Morgan fingerprint density at radius 2 is 2.14 bits per heavy atom. The molecular weight excluding hydrogens is 274 g/mol. The van der Waals surface area contributed by atoms with E-state index in [4.69, 9.17) is 9.47 Å². The molecule has 118 valence electrons. The van der Waals surface area contributed by atoms with Crippen molar-refractivity contribution in [2.75, 3.05) is 20.3 Å². The summed E-state index contributed by atoms with van der Waals surface area (Å²) in [5, 5.41) is 6.92. The minimum atomic E-state index is -0.419. The molecular formula is C14H23N3O4. The molecule has 1 rings (SSSR count). The molecule has 0 saturated heterocycles. The summed E-state index contributed by atoms with van der Waals surface area (Å²) in [6, 6.07) is 1.83. The smallest absolute Gasteiger partial charge is 0.308 e. The fraction of sp³-hybridized carbons (Fsp3) is 0.643. The monoisotopic (exact) mass is 297 g/mol. The van der Waals surface area contributed by atoms with E-state index in [0.717, 1.165) is 11.4 Å². The molecule has 0 aliphatic heterocycles. The van der Waals surface area contributed by atoms with E-state index in [9.17, 15) is 9.59 Å². The van der Waals surface area contributed by atoms with Crippen molar-refractivity contribution >= 4 is 11.9 Å². The number of hydrogen-bond donors (Lipinski definition) is 1. The summed E-state index contributed by atoms with van der Waals surface area (Å²) in [7, 11) is 1.56. The van der Waals surface area contributed by atoms with E-state index in [1.165, 1.54) is 0 Å². The van der Waals surface area contributed by atoms with Gasteiger partial charge in [0.05, 0.1) is 25.3 Å². The Kier molecular flexibility index (Phi) is 6.87. The summed E-state index contributed by atoms with van der Waals surface area (Å²) in [6.07, 6.45) is 0.183. The van der Waals surface area contributed by atoms with Crippen LogP contribution in [0.15, 0.2) is 6.07 Å². The first-order chi connectivity index (χ1) is 9.92. The molecule has 1 aromatic rings. The van der Waals surface area contributed by atoms with E-state index in [1.54, 1.807) is 11.8 Å². The van der Waals surface area contributed by atoms with Gasteiger partial charge in [-0.15, -0.1) is 0 Å². The highest BCUT2D eigenvalue weighted by Gasteiger charge is 2.11. The van der Waals surface area contributed by atoms with Crippen molar-refractivity contribution in [2.24, 2.45) is 0 Å². The minimum Gasteiger partial charge on any atom is -0.456 e. The van der Waals surface area contributed by atoms with Crippen LogP contribution in [-0.2, 0) is 25.6 Å². The van der Waals surface area contributed by atoms with Crippen LogP contribution in [0.25, 0.3) is 0 Å². The largest absolute Gasteiger partial charge is 0.456 e. The van der Waals surface area contributed by atoms with E-state index in [-0.39, 0.29) is 25.0 Å². The van der Waals surface area contributed by atoms with E-state index in [1.807, 2.05) is 26.8 Å². The minimum absolute atomic E-state index is 0.115. The Balaban J connectivity index is 2.25. The molecule has 0 aliphatic rings. The Morgan fingerprint density at radius 3 is 2.71 bits per heavy atom. The number of carbonyl (C=O) groups excluding carboxylic acids is 2. The standard InChI is InChI=1S/C14H23N3O4/c1-10-7-12(3)17(16-10)6-5-14(19)21-9-13(18)15-11(2)8-20-4/h7,11H,5-6,8-9H2,1-4H3,(H,15,18). The summed E-state index contributed by atoms with van der Waals surface area (Å²) in [4.78, 5) is 23.1. The lowest BCUT2D eigenvalue weighted by molar-refractivity contribution is -0.149. The molecule has 1 heterocycles. The van der Waals surface area contributed by atoms with Crippen molar-refractivity contribution in [3.05, 3.63) is 17.5 Å². The van der Waals surface area contributed by atoms with Crippen molar-refractivity contribution in [1.82, 2.24) is 15.1 Å². The molecule has 0 aliphatic carbocycles. The van der Waals surface area contributed by atoms with Gasteiger partial charge in [0.15, 0.2) is 6.61 Å². The van der Waals surface area contributed by atoms with Gasteiger partial charge in [-0.3, -0.25) is 14.3 Å². The fourth-order valence-electron chi connectivity index (χ4n) is 1.92. The van der Waals surface area contributed by atoms with Crippen LogP contribution in [0.5, 0.6) is 0 Å². The van der Waals surface area contributed by atoms with Crippen LogP contribution in [0.1, 0.15) is 24.7 Å². The normalized spacial score (nSPS) is 12.0. The summed E-state index contributed by atoms with van der Waals surface area (Å²) in [5.41, 5.74) is 1.90. The summed E-state index contributed by atoms with van der Waals surface area (Å²) in [6.45, 7) is 6.22. The molecule has 1 aromatic heterocycles. The zero-order valence-corrected chi connectivity index (χ0v) is 13.0. The molecule has 0 fully saturated rings. The van der Waals surface area contributed by atoms with Gasteiger partial charge < -0.3 is 14.8 Å². The number of carbonyl (C=O) groups is 2. The van der Waals surface area contributed by atoms with E-state index in [0.29, 0.717) is 13.2 Å². The average Bonchev–Trinajstić information content (AvgIpc) is 2.72. The van der Waals surface area contributed by atoms with Gasteiger partial charge in [-0.25, -0.2) is 0 Å². The Labute approximate surface area is 124 Å². The lowest BCUT2D eigenvalue weighted by Gasteiger charge is -2.12. The van der Waals surface area contributed by atoms with Crippen molar-refractivity contribution in [2.45, 2.75) is 39.8 Å². The highest BCUT2D eigenvalue weighted by atomic mass is 16.5. The number of aryl methyl sites for hydroxylation is 3. The molecule has 1 unspecified atom stereocenters. The first-order valence-corrected chi connectivity index (χ1v) is 6.87. The maximum Gasteiger partial charge on any atom is 0.308 e. The summed E-state index contributed by atoms with van der Waals surface area (Å²) >= 11 is 0. The second-order valence-corrected chi connectivity index (χ2v) is 4.98. The van der Waals surface area contributed by atoms with Gasteiger partial charge in [-0.2, -0.15) is 5.10 Å². The molecule has 1 N–H and O–H groups in total. The van der Waals surface area contributed by atoms with Crippen LogP contribution in [0.3, 0.4) is 0 Å². The molecule has 0 aromatic carbocycles. The predicted octanol–water partition coefficient (Wildman–Crippen LogP) is 0.584. The topological polar surface area (TPSA) is 82.5 Å². The third-order valence-corrected chi connectivity index (χ3v) is 2.82. The van der Waals surface area contributed by atoms with Gasteiger partial charge in [0.25, 0.3) is 5.91 Å². The SMILES string of the molecule is COCC(C)NC(=O)COC(=O)CCn1nc(C)cc1C. The molecule has 21 heavy (non-hydrogen) atoms. The zero-order valence-electron chi connectivity index (χ0n) is 13.0. The van der Waals surface area contributed by atoms with Gasteiger partial charge in [0.1, 0.15) is 0 Å². The zero-order chi connectivity index (χ0) is 15.8. The number of amides is 1. The maximum absolute atomic E-state index is 11.6. The Bertz CT molecular complexity index is 485. The number of rotatable bonds is 8. The third-order valence-electron chi connectivity index (χ3n) is 2.82. The number of ether oxygens (including phenoxy) is 2. The number of esters is 1. The number of hydrogen-bond acceptors (Lipinski definition) is 5. The molecule has 1 amide bonds. The number of aromatic nitrogens is 2. The quantitative estimate of drug-likeness (QED) is 0.710. The van der Waals surface area contributed by atoms with Crippen LogP contribution < -0.4 is 5.32 Å². The molecule has 0 bridgehead atoms. The van der Waals surface area contributed by atoms with Crippen molar-refractivity contribution < 1.29 is 19.1 Å². The number of nitrogens with zero attached hydrogens (tertiary/aromatic N) is 2. The van der Waals surface area contributed by atoms with E-state index >= 15 is 0 Å². The molecule has 0 saturated carbocycles. The average molecular weight is 297 g/mol. The highest BCUT2D eigenvalue weighted by Crippen LogP contribution is 2.03. The van der Waals surface area contributed by atoms with Gasteiger partial charge in [0.2, 0.25) is 0 Å². The third kappa shape index (κ3) is 6.40. The summed E-state index contributed by atoms with van der Waals surface area (Å²) in [5.74, 6) is -0.754. The van der Waals surface area contributed by atoms with Crippen molar-refractivity contribution in [3.8, 4) is 0 Å². The molecule has 7 heteroatoms.